The predicted octanol–water partition coefficient (Wildman–Crippen LogP) is 7.17. The number of hydrogen-bond acceptors (Lipinski definition) is 5. The molecule has 0 radical (unpaired) electrons. The molecule has 0 amide bonds. The lowest BCUT2D eigenvalue weighted by Gasteiger charge is -2.28. The Balaban J connectivity index is 1.38. The normalized spacial score (nSPS) is 16.5. The zero-order valence-electron chi connectivity index (χ0n) is 23.4. The molecule has 1 N–H and O–H groups in total. The summed E-state index contributed by atoms with van der Waals surface area (Å²) in [5.74, 6) is 3.15. The van der Waals surface area contributed by atoms with Crippen molar-refractivity contribution in [2.45, 2.75) is 32.9 Å². The van der Waals surface area contributed by atoms with Crippen molar-refractivity contribution in [3.05, 3.63) is 126 Å². The van der Waals surface area contributed by atoms with Gasteiger partial charge in [0.1, 0.15) is 23.1 Å². The average molecular weight is 562 g/mol. The fourth-order valence-electron chi connectivity index (χ4n) is 5.44. The molecule has 2 atom stereocenters. The minimum atomic E-state index is -0.140. The van der Waals surface area contributed by atoms with Crippen LogP contribution < -0.4 is 19.7 Å². The fraction of sp³-hybridized carbons (Fsp3) is 0.182. The second-order valence-corrected chi connectivity index (χ2v) is 10.5. The highest BCUT2D eigenvalue weighted by atomic mass is 32.1. The Morgan fingerprint density at radius 1 is 0.829 bits per heavy atom. The molecule has 5 aromatic rings. The van der Waals surface area contributed by atoms with Crippen molar-refractivity contribution in [2.75, 3.05) is 12.0 Å². The third kappa shape index (κ3) is 5.14. The van der Waals surface area contributed by atoms with Crippen molar-refractivity contribution in [1.29, 1.82) is 0 Å². The molecule has 4 heterocycles. The van der Waals surface area contributed by atoms with Crippen LogP contribution in [0.25, 0.3) is 5.82 Å². The van der Waals surface area contributed by atoms with Gasteiger partial charge in [0.2, 0.25) is 0 Å². The Hall–Kier alpha value is -4.69. The second kappa shape index (κ2) is 11.1. The van der Waals surface area contributed by atoms with Crippen molar-refractivity contribution in [3.63, 3.8) is 0 Å². The minimum Gasteiger partial charge on any atom is -0.497 e. The quantitative estimate of drug-likeness (QED) is 0.211. The third-order valence-corrected chi connectivity index (χ3v) is 7.74. The third-order valence-electron chi connectivity index (χ3n) is 7.42. The maximum atomic E-state index is 6.08. The molecule has 7 nitrogen and oxygen atoms in total. The van der Waals surface area contributed by atoms with Crippen molar-refractivity contribution < 1.29 is 9.47 Å². The van der Waals surface area contributed by atoms with Crippen LogP contribution in [0.15, 0.2) is 97.3 Å². The predicted molar refractivity (Wildman–Crippen MR) is 165 cm³/mol. The Morgan fingerprint density at radius 2 is 1.54 bits per heavy atom. The first-order valence-electron chi connectivity index (χ1n) is 13.5. The van der Waals surface area contributed by atoms with Gasteiger partial charge in [0.05, 0.1) is 24.9 Å². The summed E-state index contributed by atoms with van der Waals surface area (Å²) in [4.78, 5) is 11.6. The van der Waals surface area contributed by atoms with Gasteiger partial charge in [-0.05, 0) is 117 Å². The molecule has 0 unspecified atom stereocenters. The molecule has 8 heteroatoms. The summed E-state index contributed by atoms with van der Waals surface area (Å²) >= 11 is 5.95. The van der Waals surface area contributed by atoms with Crippen molar-refractivity contribution in [1.82, 2.24) is 19.9 Å². The van der Waals surface area contributed by atoms with Gasteiger partial charge in [-0.3, -0.25) is 4.98 Å². The lowest BCUT2D eigenvalue weighted by Crippen LogP contribution is -2.29. The van der Waals surface area contributed by atoms with Crippen molar-refractivity contribution in [3.8, 4) is 23.1 Å². The molecule has 0 spiro atoms. The van der Waals surface area contributed by atoms with Crippen molar-refractivity contribution in [2.24, 2.45) is 0 Å². The molecule has 0 aliphatic carbocycles. The lowest BCUT2D eigenvalue weighted by molar-refractivity contribution is 0.413. The number of hydrogen-bond donors (Lipinski definition) is 1. The van der Waals surface area contributed by atoms with Gasteiger partial charge < -0.3 is 24.3 Å². The standard InChI is InChI=1S/C33H31N5O2S/c1-21-8-17-30(35-20-21)37-22(2)19-28(23(37)3)32-31(29-7-5-6-18-34-29)36-33(41)38(32)24-9-11-26(12-10-24)40-27-15-13-25(39-4)14-16-27/h5-20,31-32H,1-4H3,(H,36,41)/t31-,32-/m0/s1. The summed E-state index contributed by atoms with van der Waals surface area (Å²) in [6.45, 7) is 6.31. The lowest BCUT2D eigenvalue weighted by atomic mass is 9.96. The number of pyridine rings is 2. The first-order chi connectivity index (χ1) is 19.9. The van der Waals surface area contributed by atoms with Gasteiger partial charge in [-0.1, -0.05) is 12.1 Å². The number of anilines is 1. The van der Waals surface area contributed by atoms with Crippen LogP contribution in [-0.2, 0) is 0 Å². The maximum absolute atomic E-state index is 6.08. The largest absolute Gasteiger partial charge is 0.497 e. The van der Waals surface area contributed by atoms with Crippen LogP contribution in [0.5, 0.6) is 17.2 Å². The first kappa shape index (κ1) is 26.5. The summed E-state index contributed by atoms with van der Waals surface area (Å²) in [5.41, 5.74) is 6.40. The Labute approximate surface area is 245 Å². The number of rotatable bonds is 7. The van der Waals surface area contributed by atoms with E-state index in [0.717, 1.165) is 57.0 Å². The van der Waals surface area contributed by atoms with Crippen LogP contribution in [0.1, 0.15) is 40.3 Å². The number of methoxy groups -OCH3 is 1. The molecule has 0 bridgehead atoms. The average Bonchev–Trinajstić information content (AvgIpc) is 3.49. The van der Waals surface area contributed by atoms with Gasteiger partial charge in [-0.2, -0.15) is 0 Å². The van der Waals surface area contributed by atoms with Gasteiger partial charge in [-0.25, -0.2) is 4.98 Å². The van der Waals surface area contributed by atoms with Gasteiger partial charge in [0.25, 0.3) is 0 Å². The van der Waals surface area contributed by atoms with E-state index in [1.54, 1.807) is 7.11 Å². The number of ether oxygens (including phenoxy) is 2. The van der Waals surface area contributed by atoms with E-state index in [0.29, 0.717) is 5.11 Å². The molecular weight excluding hydrogens is 530 g/mol. The van der Waals surface area contributed by atoms with E-state index >= 15 is 0 Å². The molecule has 41 heavy (non-hydrogen) atoms. The monoisotopic (exact) mass is 561 g/mol. The minimum absolute atomic E-state index is 0.129. The van der Waals surface area contributed by atoms with Gasteiger partial charge in [-0.15, -0.1) is 0 Å². The molecule has 206 valence electrons. The Kier molecular flexibility index (Phi) is 7.15. The van der Waals surface area contributed by atoms with Crippen LogP contribution in [-0.4, -0.2) is 26.8 Å². The summed E-state index contributed by atoms with van der Waals surface area (Å²) in [6, 6.07) is 27.7. The zero-order valence-corrected chi connectivity index (χ0v) is 24.2. The van der Waals surface area contributed by atoms with E-state index in [4.69, 9.17) is 31.7 Å². The molecule has 3 aromatic heterocycles. The summed E-state index contributed by atoms with van der Waals surface area (Å²) in [5, 5.41) is 4.21. The molecule has 1 aliphatic rings. The van der Waals surface area contributed by atoms with Crippen LogP contribution in [0, 0.1) is 20.8 Å². The topological polar surface area (TPSA) is 64.4 Å². The SMILES string of the molecule is COc1ccc(Oc2ccc(N3C(=S)N[C@@H](c4ccccn4)[C@@H]3c3cc(C)n(-c4ccc(C)cn4)c3C)cc2)cc1. The highest BCUT2D eigenvalue weighted by Gasteiger charge is 2.42. The number of benzene rings is 2. The van der Waals surface area contributed by atoms with Crippen LogP contribution >= 0.6 is 12.2 Å². The van der Waals surface area contributed by atoms with Crippen molar-refractivity contribution >= 4 is 23.0 Å². The maximum Gasteiger partial charge on any atom is 0.174 e. The van der Waals surface area contributed by atoms with E-state index in [2.05, 4.69) is 46.8 Å². The molecule has 2 aromatic carbocycles. The summed E-state index contributed by atoms with van der Waals surface area (Å²) < 4.78 is 13.5. The fourth-order valence-corrected chi connectivity index (χ4v) is 5.78. The Bertz CT molecular complexity index is 1670. The number of nitrogens with one attached hydrogen (secondary N) is 1. The van der Waals surface area contributed by atoms with E-state index in [-0.39, 0.29) is 12.1 Å². The Morgan fingerprint density at radius 3 is 2.17 bits per heavy atom. The highest BCUT2D eigenvalue weighted by Crippen LogP contribution is 2.44. The van der Waals surface area contributed by atoms with Crippen LogP contribution in [0.4, 0.5) is 5.69 Å². The van der Waals surface area contributed by atoms with Gasteiger partial charge >= 0.3 is 0 Å². The van der Waals surface area contributed by atoms with Gasteiger partial charge in [0, 0.05) is 29.5 Å². The van der Waals surface area contributed by atoms with E-state index in [9.17, 15) is 0 Å². The van der Waals surface area contributed by atoms with E-state index in [1.807, 2.05) is 86.0 Å². The van der Waals surface area contributed by atoms with Crippen LogP contribution in [0.3, 0.4) is 0 Å². The molecule has 6 rings (SSSR count). The second-order valence-electron chi connectivity index (χ2n) is 10.1. The molecule has 1 saturated heterocycles. The molecule has 0 saturated carbocycles. The zero-order chi connectivity index (χ0) is 28.5. The number of aromatic nitrogens is 3. The first-order valence-corrected chi connectivity index (χ1v) is 13.9. The number of aryl methyl sites for hydroxylation is 2. The van der Waals surface area contributed by atoms with Gasteiger partial charge in [0.15, 0.2) is 5.11 Å². The smallest absolute Gasteiger partial charge is 0.174 e. The van der Waals surface area contributed by atoms with Crippen LogP contribution in [0.2, 0.25) is 0 Å². The van der Waals surface area contributed by atoms with E-state index in [1.165, 1.54) is 0 Å². The molecule has 1 fully saturated rings. The molecule has 1 aliphatic heterocycles. The number of thiocarbonyl (C=S) groups is 1. The molecular formula is C33H31N5O2S. The summed E-state index contributed by atoms with van der Waals surface area (Å²) in [7, 11) is 1.65. The summed E-state index contributed by atoms with van der Waals surface area (Å²) in [6.07, 6.45) is 3.73. The highest BCUT2D eigenvalue weighted by molar-refractivity contribution is 7.80. The van der Waals surface area contributed by atoms with E-state index < -0.39 is 0 Å². The number of nitrogens with zero attached hydrogens (tertiary/aromatic N) is 4.